The van der Waals surface area contributed by atoms with Gasteiger partial charge < -0.3 is 4.98 Å². The fourth-order valence-corrected chi connectivity index (χ4v) is 2.36. The van der Waals surface area contributed by atoms with E-state index in [1.807, 2.05) is 24.4 Å². The monoisotopic (exact) mass is 233 g/mol. The van der Waals surface area contributed by atoms with Gasteiger partial charge in [0.1, 0.15) is 0 Å². The van der Waals surface area contributed by atoms with Crippen molar-refractivity contribution in [2.45, 2.75) is 19.3 Å². The van der Waals surface area contributed by atoms with Gasteiger partial charge in [-0.25, -0.2) is 0 Å². The molecule has 0 aliphatic heterocycles. The molecule has 0 bridgehead atoms. The van der Waals surface area contributed by atoms with Crippen LogP contribution in [0.2, 0.25) is 5.02 Å². The van der Waals surface area contributed by atoms with Gasteiger partial charge >= 0.3 is 0 Å². The smallest absolute Gasteiger partial charge is 0.168 e. The standard InChI is InChI=1S/C13H12ClNO/c14-9-4-5-10-11(7-15-12(10)6-9)13(16)8-2-1-3-8/h4-8,15H,1-3H2. The minimum absolute atomic E-state index is 0.245. The van der Waals surface area contributed by atoms with Crippen LogP contribution in [0.5, 0.6) is 0 Å². The number of ketones is 1. The van der Waals surface area contributed by atoms with E-state index in [-0.39, 0.29) is 11.7 Å². The molecule has 1 heterocycles. The second-order valence-electron chi connectivity index (χ2n) is 4.38. The Balaban J connectivity index is 2.06. The Bertz CT molecular complexity index is 554. The van der Waals surface area contributed by atoms with Crippen LogP contribution in [0.1, 0.15) is 29.6 Å². The first-order valence-corrected chi connectivity index (χ1v) is 5.94. The molecule has 1 aromatic carbocycles. The number of Topliss-reactive ketones (excluding diaryl/α,β-unsaturated/α-hetero) is 1. The number of hydrogen-bond donors (Lipinski definition) is 1. The number of hydrogen-bond acceptors (Lipinski definition) is 1. The lowest BCUT2D eigenvalue weighted by atomic mass is 9.80. The highest BCUT2D eigenvalue weighted by Crippen LogP contribution is 2.32. The number of nitrogens with one attached hydrogen (secondary N) is 1. The van der Waals surface area contributed by atoms with Gasteiger partial charge in [0.25, 0.3) is 0 Å². The maximum absolute atomic E-state index is 12.1. The fraction of sp³-hybridized carbons (Fsp3) is 0.308. The van der Waals surface area contributed by atoms with E-state index in [1.54, 1.807) is 0 Å². The summed E-state index contributed by atoms with van der Waals surface area (Å²) < 4.78 is 0. The number of aromatic nitrogens is 1. The van der Waals surface area contributed by atoms with Crippen LogP contribution >= 0.6 is 11.6 Å². The van der Waals surface area contributed by atoms with Crippen molar-refractivity contribution >= 4 is 28.3 Å². The molecule has 0 saturated heterocycles. The zero-order valence-corrected chi connectivity index (χ0v) is 9.55. The first kappa shape index (κ1) is 9.91. The first-order chi connectivity index (χ1) is 7.75. The van der Waals surface area contributed by atoms with E-state index >= 15 is 0 Å². The lowest BCUT2D eigenvalue weighted by Crippen LogP contribution is -2.21. The molecule has 1 saturated carbocycles. The molecular weight excluding hydrogens is 222 g/mol. The number of benzene rings is 1. The molecule has 2 aromatic rings. The number of carbonyl (C=O) groups is 1. The van der Waals surface area contributed by atoms with Crippen molar-refractivity contribution in [3.63, 3.8) is 0 Å². The van der Waals surface area contributed by atoms with Crippen molar-refractivity contribution < 1.29 is 4.79 Å². The summed E-state index contributed by atoms with van der Waals surface area (Å²) in [6.07, 6.45) is 5.07. The molecule has 3 rings (SSSR count). The van der Waals surface area contributed by atoms with Crippen LogP contribution in [0.3, 0.4) is 0 Å². The summed E-state index contributed by atoms with van der Waals surface area (Å²) in [6.45, 7) is 0. The van der Waals surface area contributed by atoms with Gasteiger partial charge in [0, 0.05) is 33.6 Å². The summed E-state index contributed by atoms with van der Waals surface area (Å²) in [6, 6.07) is 5.60. The Morgan fingerprint density at radius 3 is 2.88 bits per heavy atom. The van der Waals surface area contributed by atoms with E-state index in [0.29, 0.717) is 5.02 Å². The molecule has 0 radical (unpaired) electrons. The van der Waals surface area contributed by atoms with Crippen molar-refractivity contribution in [3.05, 3.63) is 35.0 Å². The van der Waals surface area contributed by atoms with Gasteiger partial charge in [0.05, 0.1) is 0 Å². The number of fused-ring (bicyclic) bond motifs is 1. The van der Waals surface area contributed by atoms with Gasteiger partial charge in [0.2, 0.25) is 0 Å². The van der Waals surface area contributed by atoms with Crippen molar-refractivity contribution in [2.24, 2.45) is 5.92 Å². The molecule has 1 fully saturated rings. The predicted octanol–water partition coefficient (Wildman–Crippen LogP) is 3.80. The third-order valence-electron chi connectivity index (χ3n) is 3.39. The van der Waals surface area contributed by atoms with Crippen LogP contribution in [0.25, 0.3) is 10.9 Å². The maximum Gasteiger partial charge on any atom is 0.168 e. The Kier molecular flexibility index (Phi) is 2.25. The van der Waals surface area contributed by atoms with Crippen molar-refractivity contribution in [1.82, 2.24) is 4.98 Å². The fourth-order valence-electron chi connectivity index (χ4n) is 2.19. The van der Waals surface area contributed by atoms with Crippen LogP contribution in [-0.4, -0.2) is 10.8 Å². The zero-order valence-electron chi connectivity index (χ0n) is 8.79. The molecule has 82 valence electrons. The summed E-state index contributed by atoms with van der Waals surface area (Å²) >= 11 is 5.90. The third kappa shape index (κ3) is 1.45. The Hall–Kier alpha value is -1.28. The lowest BCUT2D eigenvalue weighted by Gasteiger charge is -2.23. The summed E-state index contributed by atoms with van der Waals surface area (Å²) in [5, 5.41) is 1.68. The quantitative estimate of drug-likeness (QED) is 0.787. The second-order valence-corrected chi connectivity index (χ2v) is 4.82. The molecule has 1 aromatic heterocycles. The Labute approximate surface area is 98.6 Å². The zero-order chi connectivity index (χ0) is 11.1. The number of H-pyrrole nitrogens is 1. The average molecular weight is 234 g/mol. The highest BCUT2D eigenvalue weighted by atomic mass is 35.5. The summed E-state index contributed by atoms with van der Waals surface area (Å²) in [5.41, 5.74) is 1.76. The molecule has 0 amide bonds. The van der Waals surface area contributed by atoms with Crippen molar-refractivity contribution in [3.8, 4) is 0 Å². The van der Waals surface area contributed by atoms with Crippen LogP contribution in [0, 0.1) is 5.92 Å². The van der Waals surface area contributed by atoms with Crippen molar-refractivity contribution in [1.29, 1.82) is 0 Å². The summed E-state index contributed by atoms with van der Waals surface area (Å²) in [5.74, 6) is 0.523. The van der Waals surface area contributed by atoms with E-state index in [9.17, 15) is 4.79 Å². The van der Waals surface area contributed by atoms with Gasteiger partial charge in [-0.05, 0) is 25.0 Å². The minimum atomic E-state index is 0.245. The van der Waals surface area contributed by atoms with Gasteiger partial charge in [-0.15, -0.1) is 0 Å². The maximum atomic E-state index is 12.1. The van der Waals surface area contributed by atoms with Crippen molar-refractivity contribution in [2.75, 3.05) is 0 Å². The molecule has 0 atom stereocenters. The largest absolute Gasteiger partial charge is 0.360 e. The molecule has 0 spiro atoms. The average Bonchev–Trinajstić information content (AvgIpc) is 2.57. The van der Waals surface area contributed by atoms with E-state index in [1.165, 1.54) is 6.42 Å². The second kappa shape index (κ2) is 3.63. The molecule has 1 N–H and O–H groups in total. The number of rotatable bonds is 2. The van der Waals surface area contributed by atoms with Gasteiger partial charge in [0.15, 0.2) is 5.78 Å². The van der Waals surface area contributed by atoms with Gasteiger partial charge in [-0.3, -0.25) is 4.79 Å². The Morgan fingerprint density at radius 1 is 1.38 bits per heavy atom. The third-order valence-corrected chi connectivity index (χ3v) is 3.62. The van der Waals surface area contributed by atoms with Gasteiger partial charge in [-0.2, -0.15) is 0 Å². The number of aromatic amines is 1. The summed E-state index contributed by atoms with van der Waals surface area (Å²) in [4.78, 5) is 15.2. The lowest BCUT2D eigenvalue weighted by molar-refractivity contribution is 0.0857. The molecule has 0 unspecified atom stereocenters. The van der Waals surface area contributed by atoms with E-state index in [4.69, 9.17) is 11.6 Å². The molecule has 1 aliphatic carbocycles. The van der Waals surface area contributed by atoms with Crippen LogP contribution in [0.15, 0.2) is 24.4 Å². The molecular formula is C13H12ClNO. The SMILES string of the molecule is O=C(c1c[nH]c2cc(Cl)ccc12)C1CCC1. The molecule has 2 nitrogen and oxygen atoms in total. The van der Waals surface area contributed by atoms with E-state index in [2.05, 4.69) is 4.98 Å². The summed E-state index contributed by atoms with van der Waals surface area (Å²) in [7, 11) is 0. The number of halogens is 1. The van der Waals surface area contributed by atoms with Gasteiger partial charge in [-0.1, -0.05) is 24.1 Å². The number of carbonyl (C=O) groups excluding carboxylic acids is 1. The highest BCUT2D eigenvalue weighted by molar-refractivity contribution is 6.31. The van der Waals surface area contributed by atoms with Crippen LogP contribution < -0.4 is 0 Å². The minimum Gasteiger partial charge on any atom is -0.360 e. The van der Waals surface area contributed by atoms with Crippen LogP contribution in [0.4, 0.5) is 0 Å². The first-order valence-electron chi connectivity index (χ1n) is 5.56. The molecule has 3 heteroatoms. The molecule has 16 heavy (non-hydrogen) atoms. The highest BCUT2D eigenvalue weighted by Gasteiger charge is 2.27. The van der Waals surface area contributed by atoms with Crippen LogP contribution in [-0.2, 0) is 0 Å². The normalized spacial score (nSPS) is 16.3. The Morgan fingerprint density at radius 2 is 2.19 bits per heavy atom. The van der Waals surface area contributed by atoms with E-state index < -0.39 is 0 Å². The topological polar surface area (TPSA) is 32.9 Å². The van der Waals surface area contributed by atoms with E-state index in [0.717, 1.165) is 29.3 Å². The molecule has 1 aliphatic rings. The predicted molar refractivity (Wildman–Crippen MR) is 65.0 cm³/mol.